The number of carbonyl (C=O) groups excluding carboxylic acids is 2. The van der Waals surface area contributed by atoms with Crippen LogP contribution in [0.5, 0.6) is 5.75 Å². The third-order valence-corrected chi connectivity index (χ3v) is 5.86. The summed E-state index contributed by atoms with van der Waals surface area (Å²) >= 11 is 0. The summed E-state index contributed by atoms with van der Waals surface area (Å²) in [5.74, 6) is 0.761. The van der Waals surface area contributed by atoms with Crippen LogP contribution in [0.15, 0.2) is 12.3 Å². The highest BCUT2D eigenvalue weighted by molar-refractivity contribution is 5.93. The smallest absolute Gasteiger partial charge is 0.270 e. The van der Waals surface area contributed by atoms with E-state index in [1.807, 2.05) is 6.92 Å². The molecule has 1 aromatic heterocycles. The van der Waals surface area contributed by atoms with E-state index < -0.39 is 5.41 Å². The van der Waals surface area contributed by atoms with E-state index in [9.17, 15) is 9.59 Å². The number of nitrogens with one attached hydrogen (secondary N) is 2. The zero-order chi connectivity index (χ0) is 20.5. The number of aromatic nitrogens is 1. The third-order valence-electron chi connectivity index (χ3n) is 5.86. The van der Waals surface area contributed by atoms with E-state index in [1.54, 1.807) is 33.2 Å². The van der Waals surface area contributed by atoms with Crippen molar-refractivity contribution in [3.63, 3.8) is 0 Å². The lowest BCUT2D eigenvalue weighted by molar-refractivity contribution is -0.129. The van der Waals surface area contributed by atoms with Crippen LogP contribution in [-0.4, -0.2) is 49.7 Å². The lowest BCUT2D eigenvalue weighted by atomic mass is 9.84. The topological polar surface area (TPSA) is 89.6 Å². The predicted molar refractivity (Wildman–Crippen MR) is 105 cm³/mol. The Balaban J connectivity index is 1.73. The maximum Gasteiger partial charge on any atom is 0.270 e. The van der Waals surface area contributed by atoms with Crippen LogP contribution in [0.2, 0.25) is 0 Å². The average Bonchev–Trinajstić information content (AvgIpc) is 3.48. The van der Waals surface area contributed by atoms with E-state index in [-0.39, 0.29) is 23.3 Å². The molecule has 2 N–H and O–H groups in total. The van der Waals surface area contributed by atoms with Crippen molar-refractivity contribution in [2.75, 3.05) is 26.9 Å². The summed E-state index contributed by atoms with van der Waals surface area (Å²) < 4.78 is 11.4. The Morgan fingerprint density at radius 3 is 2.61 bits per heavy atom. The van der Waals surface area contributed by atoms with Crippen molar-refractivity contribution >= 4 is 11.8 Å². The van der Waals surface area contributed by atoms with E-state index in [4.69, 9.17) is 9.47 Å². The highest BCUT2D eigenvalue weighted by Crippen LogP contribution is 2.44. The zero-order valence-corrected chi connectivity index (χ0v) is 17.4. The van der Waals surface area contributed by atoms with Crippen LogP contribution in [0.1, 0.15) is 62.5 Å². The van der Waals surface area contributed by atoms with Crippen molar-refractivity contribution in [3.8, 4) is 5.75 Å². The van der Waals surface area contributed by atoms with Gasteiger partial charge in [0, 0.05) is 36.3 Å². The fraction of sp³-hybridized carbons (Fsp3) is 0.667. The molecule has 28 heavy (non-hydrogen) atoms. The number of amides is 2. The summed E-state index contributed by atoms with van der Waals surface area (Å²) in [6, 6.07) is 1.37. The molecule has 7 heteroatoms. The van der Waals surface area contributed by atoms with Crippen molar-refractivity contribution in [1.29, 1.82) is 0 Å². The van der Waals surface area contributed by atoms with Crippen molar-refractivity contribution in [3.05, 3.63) is 23.5 Å². The molecule has 0 radical (unpaired) electrons. The summed E-state index contributed by atoms with van der Waals surface area (Å²) in [5.41, 5.74) is 0.655. The van der Waals surface area contributed by atoms with Gasteiger partial charge in [-0.2, -0.15) is 0 Å². The minimum absolute atomic E-state index is 0.0264. The van der Waals surface area contributed by atoms with Gasteiger partial charge in [-0.25, -0.2) is 0 Å². The normalized spacial score (nSPS) is 19.3. The van der Waals surface area contributed by atoms with Gasteiger partial charge in [0.15, 0.2) is 0 Å². The molecule has 1 aliphatic heterocycles. The van der Waals surface area contributed by atoms with Crippen LogP contribution in [0.4, 0.5) is 0 Å². The van der Waals surface area contributed by atoms with Crippen LogP contribution < -0.4 is 15.4 Å². The van der Waals surface area contributed by atoms with E-state index in [0.29, 0.717) is 31.4 Å². The standard InChI is InChI=1S/C21H31N3O4/c1-13(20(2,3)19(26)22-5)24-18(25)16-8-17(15(9-23-16)14-6-7-14)28-12-21(4)10-27-11-21/h8-9,13-14H,6-7,10-12H2,1-5H3,(H,22,26)(H,24,25)/t13-/m0/s1. The van der Waals surface area contributed by atoms with Crippen molar-refractivity contribution in [1.82, 2.24) is 15.6 Å². The Morgan fingerprint density at radius 2 is 2.07 bits per heavy atom. The second-order valence-electron chi connectivity index (χ2n) is 8.97. The van der Waals surface area contributed by atoms with Gasteiger partial charge in [-0.05, 0) is 39.5 Å². The average molecular weight is 389 g/mol. The van der Waals surface area contributed by atoms with E-state index in [0.717, 1.165) is 24.2 Å². The van der Waals surface area contributed by atoms with Gasteiger partial charge in [0.1, 0.15) is 11.4 Å². The molecule has 2 amide bonds. The first-order valence-corrected chi connectivity index (χ1v) is 9.90. The number of hydrogen-bond donors (Lipinski definition) is 2. The highest BCUT2D eigenvalue weighted by Gasteiger charge is 2.36. The highest BCUT2D eigenvalue weighted by atomic mass is 16.5. The molecule has 3 rings (SSSR count). The molecule has 0 bridgehead atoms. The lowest BCUT2D eigenvalue weighted by Gasteiger charge is -2.37. The van der Waals surface area contributed by atoms with Gasteiger partial charge in [0.05, 0.1) is 25.2 Å². The first-order chi connectivity index (χ1) is 13.2. The number of nitrogens with zero attached hydrogens (tertiary/aromatic N) is 1. The van der Waals surface area contributed by atoms with Gasteiger partial charge in [-0.3, -0.25) is 14.6 Å². The third kappa shape index (κ3) is 4.29. The first kappa shape index (κ1) is 20.6. The molecule has 7 nitrogen and oxygen atoms in total. The second kappa shape index (κ2) is 7.70. The molecule has 1 saturated carbocycles. The van der Waals surface area contributed by atoms with Gasteiger partial charge in [-0.1, -0.05) is 6.92 Å². The molecule has 1 aliphatic carbocycles. The molecular weight excluding hydrogens is 358 g/mol. The van der Waals surface area contributed by atoms with Crippen molar-refractivity contribution in [2.24, 2.45) is 10.8 Å². The SMILES string of the molecule is CNC(=O)C(C)(C)[C@H](C)NC(=O)c1cc(OCC2(C)COC2)c(C2CC2)cn1. The maximum atomic E-state index is 12.7. The first-order valence-electron chi connectivity index (χ1n) is 9.90. The molecule has 154 valence electrons. The van der Waals surface area contributed by atoms with Crippen LogP contribution >= 0.6 is 0 Å². The zero-order valence-electron chi connectivity index (χ0n) is 17.4. The van der Waals surface area contributed by atoms with Gasteiger partial charge in [-0.15, -0.1) is 0 Å². The Hall–Kier alpha value is -2.15. The minimum Gasteiger partial charge on any atom is -0.492 e. The Bertz CT molecular complexity index is 754. The molecule has 2 fully saturated rings. The molecule has 1 aromatic rings. The Labute approximate surface area is 166 Å². The predicted octanol–water partition coefficient (Wildman–Crippen LogP) is 2.26. The fourth-order valence-corrected chi connectivity index (χ4v) is 3.15. The van der Waals surface area contributed by atoms with Gasteiger partial charge < -0.3 is 20.1 Å². The Morgan fingerprint density at radius 1 is 1.39 bits per heavy atom. The van der Waals surface area contributed by atoms with Crippen LogP contribution in [0, 0.1) is 10.8 Å². The molecule has 2 heterocycles. The quantitative estimate of drug-likeness (QED) is 0.712. The minimum atomic E-state index is -0.740. The largest absolute Gasteiger partial charge is 0.492 e. The lowest BCUT2D eigenvalue weighted by Crippen LogP contribution is -2.50. The molecule has 2 aliphatic rings. The summed E-state index contributed by atoms with van der Waals surface area (Å²) in [7, 11) is 1.59. The molecule has 1 saturated heterocycles. The van der Waals surface area contributed by atoms with E-state index >= 15 is 0 Å². The monoisotopic (exact) mass is 389 g/mol. The Kier molecular flexibility index (Phi) is 5.66. The van der Waals surface area contributed by atoms with Crippen molar-refractivity contribution < 1.29 is 19.1 Å². The number of rotatable bonds is 8. The van der Waals surface area contributed by atoms with Crippen LogP contribution in [-0.2, 0) is 9.53 Å². The van der Waals surface area contributed by atoms with Gasteiger partial charge >= 0.3 is 0 Å². The summed E-state index contributed by atoms with van der Waals surface area (Å²) in [6.45, 7) is 9.49. The van der Waals surface area contributed by atoms with Gasteiger partial charge in [0.25, 0.3) is 5.91 Å². The number of ether oxygens (including phenoxy) is 2. The van der Waals surface area contributed by atoms with Crippen LogP contribution in [0.25, 0.3) is 0 Å². The number of hydrogen-bond acceptors (Lipinski definition) is 5. The maximum absolute atomic E-state index is 12.7. The fourth-order valence-electron chi connectivity index (χ4n) is 3.15. The van der Waals surface area contributed by atoms with Crippen molar-refractivity contribution in [2.45, 2.75) is 52.5 Å². The number of carbonyl (C=O) groups is 2. The summed E-state index contributed by atoms with van der Waals surface area (Å²) in [6.07, 6.45) is 4.01. The molecule has 0 aromatic carbocycles. The van der Waals surface area contributed by atoms with Crippen LogP contribution in [0.3, 0.4) is 0 Å². The summed E-state index contributed by atoms with van der Waals surface area (Å²) in [5, 5.41) is 5.54. The molecular formula is C21H31N3O4. The number of pyridine rings is 1. The molecule has 0 spiro atoms. The van der Waals surface area contributed by atoms with E-state index in [1.165, 1.54) is 0 Å². The molecule has 1 atom stereocenters. The van der Waals surface area contributed by atoms with E-state index in [2.05, 4.69) is 22.5 Å². The second-order valence-corrected chi connectivity index (χ2v) is 8.97. The molecule has 0 unspecified atom stereocenters. The summed E-state index contributed by atoms with van der Waals surface area (Å²) in [4.78, 5) is 29.2. The van der Waals surface area contributed by atoms with Gasteiger partial charge in [0.2, 0.25) is 5.91 Å².